The van der Waals surface area contributed by atoms with Crippen LogP contribution in [0, 0.1) is 5.41 Å². The molecule has 0 saturated carbocycles. The maximum Gasteiger partial charge on any atom is 0.350 e. The molecule has 1 aliphatic heterocycles. The summed E-state index contributed by atoms with van der Waals surface area (Å²) in [7, 11) is 0. The van der Waals surface area contributed by atoms with E-state index >= 15 is 0 Å². The second-order valence-electron chi connectivity index (χ2n) is 8.06. The van der Waals surface area contributed by atoms with Crippen molar-refractivity contribution in [2.45, 2.75) is 25.6 Å². The Morgan fingerprint density at radius 3 is 2.71 bits per heavy atom. The number of ether oxygens (including phenoxy) is 2. The largest absolute Gasteiger partial charge is 0.467 e. The standard InChI is InChI=1S/C24H22FN7O3/c25-11-17-9-16(10-18-12-34-13-35-20(17)18)19(8-14-2-4-15(5-3-14)21(26)27)22-30-24(33)32(31-22)23-28-6-1-7-29-23/h1-7,9-10,19H,8,11-13H2,(H3,26,27)(H,30,31,33). The number of nitrogens with two attached hydrogens (primary N) is 1. The van der Waals surface area contributed by atoms with Gasteiger partial charge in [0.05, 0.1) is 6.61 Å². The third-order valence-electron chi connectivity index (χ3n) is 5.77. The number of fused-ring (bicyclic) bond motifs is 1. The summed E-state index contributed by atoms with van der Waals surface area (Å²) in [6.45, 7) is -0.349. The van der Waals surface area contributed by atoms with Crippen molar-refractivity contribution in [3.63, 3.8) is 0 Å². The first kappa shape index (κ1) is 22.4. The number of hydrogen-bond acceptors (Lipinski definition) is 7. The van der Waals surface area contributed by atoms with Crippen molar-refractivity contribution >= 4 is 5.84 Å². The molecule has 0 amide bonds. The molecule has 0 radical (unpaired) electrons. The summed E-state index contributed by atoms with van der Waals surface area (Å²) in [6, 6.07) is 12.5. The second kappa shape index (κ2) is 9.47. The van der Waals surface area contributed by atoms with E-state index in [1.165, 1.54) is 12.4 Å². The molecular formula is C24H22FN7O3. The van der Waals surface area contributed by atoms with E-state index in [1.54, 1.807) is 24.3 Å². The summed E-state index contributed by atoms with van der Waals surface area (Å²) in [4.78, 5) is 23.8. The van der Waals surface area contributed by atoms with Crippen LogP contribution in [-0.2, 0) is 24.4 Å². The molecule has 10 nitrogen and oxygen atoms in total. The average Bonchev–Trinajstić information content (AvgIpc) is 3.28. The number of H-pyrrole nitrogens is 1. The minimum Gasteiger partial charge on any atom is -0.467 e. The number of amidine groups is 1. The first-order chi connectivity index (χ1) is 17.0. The molecule has 178 valence electrons. The highest BCUT2D eigenvalue weighted by molar-refractivity contribution is 5.94. The second-order valence-corrected chi connectivity index (χ2v) is 8.06. The van der Waals surface area contributed by atoms with Gasteiger partial charge in [-0.3, -0.25) is 10.4 Å². The lowest BCUT2D eigenvalue weighted by Gasteiger charge is -2.23. The van der Waals surface area contributed by atoms with Crippen LogP contribution in [0.5, 0.6) is 5.75 Å². The molecule has 0 spiro atoms. The predicted molar refractivity (Wildman–Crippen MR) is 124 cm³/mol. The summed E-state index contributed by atoms with van der Waals surface area (Å²) < 4.78 is 26.0. The molecule has 1 unspecified atom stereocenters. The number of benzene rings is 2. The molecule has 1 atom stereocenters. The molecule has 1 aliphatic rings. The number of hydrogen-bond donors (Lipinski definition) is 3. The van der Waals surface area contributed by atoms with Crippen molar-refractivity contribution in [2.75, 3.05) is 6.79 Å². The minimum atomic E-state index is -0.709. The van der Waals surface area contributed by atoms with E-state index in [-0.39, 0.29) is 18.6 Å². The van der Waals surface area contributed by atoms with Crippen LogP contribution in [0.1, 0.15) is 39.6 Å². The van der Waals surface area contributed by atoms with E-state index in [2.05, 4.69) is 20.1 Å². The first-order valence-corrected chi connectivity index (χ1v) is 10.9. The fourth-order valence-electron chi connectivity index (χ4n) is 4.09. The monoisotopic (exact) mass is 475 g/mol. The number of nitrogens with one attached hydrogen (secondary N) is 2. The van der Waals surface area contributed by atoms with Gasteiger partial charge in [-0.25, -0.2) is 19.2 Å². The fraction of sp³-hybridized carbons (Fsp3) is 0.208. The Kier molecular flexibility index (Phi) is 6.06. The summed E-state index contributed by atoms with van der Waals surface area (Å²) >= 11 is 0. The van der Waals surface area contributed by atoms with Gasteiger partial charge in [0, 0.05) is 35.0 Å². The highest BCUT2D eigenvalue weighted by Crippen LogP contribution is 2.35. The molecule has 4 aromatic rings. The molecule has 2 aromatic carbocycles. The molecule has 11 heteroatoms. The Hall–Kier alpha value is -4.38. The molecule has 35 heavy (non-hydrogen) atoms. The molecule has 2 aromatic heterocycles. The van der Waals surface area contributed by atoms with Crippen LogP contribution < -0.4 is 16.2 Å². The molecule has 4 N–H and O–H groups in total. The smallest absolute Gasteiger partial charge is 0.350 e. The number of nitrogen functional groups attached to an aromatic ring is 1. The minimum absolute atomic E-state index is 0.0266. The average molecular weight is 475 g/mol. The number of aromatic amines is 1. The van der Waals surface area contributed by atoms with E-state index in [1.807, 2.05) is 18.2 Å². The van der Waals surface area contributed by atoms with Gasteiger partial charge in [0.2, 0.25) is 0 Å². The van der Waals surface area contributed by atoms with Gasteiger partial charge < -0.3 is 15.2 Å². The maximum absolute atomic E-state index is 13.9. The van der Waals surface area contributed by atoms with Crippen LogP contribution in [0.4, 0.5) is 4.39 Å². The van der Waals surface area contributed by atoms with Gasteiger partial charge >= 0.3 is 5.69 Å². The molecule has 3 heterocycles. The SMILES string of the molecule is N=C(N)c1ccc(CC(c2cc(CF)c3c(c2)COCO3)c2nn(-c3ncccn3)c(=O)[nH]2)cc1. The predicted octanol–water partition coefficient (Wildman–Crippen LogP) is 2.35. The highest BCUT2D eigenvalue weighted by atomic mass is 19.1. The van der Waals surface area contributed by atoms with Crippen LogP contribution in [0.2, 0.25) is 0 Å². The number of alkyl halides is 1. The van der Waals surface area contributed by atoms with Crippen molar-refractivity contribution in [3.8, 4) is 11.7 Å². The molecule has 0 aliphatic carbocycles. The zero-order valence-corrected chi connectivity index (χ0v) is 18.6. The third kappa shape index (κ3) is 4.53. The van der Waals surface area contributed by atoms with Crippen molar-refractivity contribution < 1.29 is 13.9 Å². The van der Waals surface area contributed by atoms with Gasteiger partial charge in [-0.05, 0) is 35.7 Å². The van der Waals surface area contributed by atoms with E-state index in [0.29, 0.717) is 35.7 Å². The van der Waals surface area contributed by atoms with Crippen molar-refractivity contribution in [1.82, 2.24) is 24.7 Å². The number of halogens is 1. The van der Waals surface area contributed by atoms with Crippen LogP contribution in [0.3, 0.4) is 0 Å². The van der Waals surface area contributed by atoms with E-state index in [9.17, 15) is 9.18 Å². The number of rotatable bonds is 7. The molecule has 5 rings (SSSR count). The van der Waals surface area contributed by atoms with Crippen LogP contribution in [-0.4, -0.2) is 37.4 Å². The zero-order valence-electron chi connectivity index (χ0n) is 18.6. The lowest BCUT2D eigenvalue weighted by Crippen LogP contribution is -2.18. The molecular weight excluding hydrogens is 453 g/mol. The zero-order chi connectivity index (χ0) is 24.4. The molecule has 0 fully saturated rings. The van der Waals surface area contributed by atoms with Gasteiger partial charge in [-0.2, -0.15) is 0 Å². The number of aromatic nitrogens is 5. The Labute approximate surface area is 199 Å². The van der Waals surface area contributed by atoms with E-state index < -0.39 is 18.3 Å². The normalized spacial score (nSPS) is 13.6. The van der Waals surface area contributed by atoms with Gasteiger partial charge in [0.15, 0.2) is 6.79 Å². The Morgan fingerprint density at radius 1 is 1.23 bits per heavy atom. The van der Waals surface area contributed by atoms with Crippen LogP contribution >= 0.6 is 0 Å². The Bertz CT molecular complexity index is 1400. The lowest BCUT2D eigenvalue weighted by atomic mass is 9.88. The summed E-state index contributed by atoms with van der Waals surface area (Å²) in [5.41, 5.74) is 8.49. The van der Waals surface area contributed by atoms with Crippen LogP contribution in [0.25, 0.3) is 5.95 Å². The lowest BCUT2D eigenvalue weighted by molar-refractivity contribution is -0.0174. The quantitative estimate of drug-likeness (QED) is 0.275. The van der Waals surface area contributed by atoms with Crippen molar-refractivity contribution in [1.29, 1.82) is 5.41 Å². The van der Waals surface area contributed by atoms with Gasteiger partial charge in [0.1, 0.15) is 24.1 Å². The fourth-order valence-corrected chi connectivity index (χ4v) is 4.09. The van der Waals surface area contributed by atoms with Gasteiger partial charge in [0.25, 0.3) is 5.95 Å². The summed E-state index contributed by atoms with van der Waals surface area (Å²) in [5.74, 6) is 0.542. The van der Waals surface area contributed by atoms with Gasteiger partial charge in [-0.15, -0.1) is 9.78 Å². The van der Waals surface area contributed by atoms with E-state index in [0.717, 1.165) is 21.4 Å². The van der Waals surface area contributed by atoms with Gasteiger partial charge in [-0.1, -0.05) is 24.3 Å². The van der Waals surface area contributed by atoms with Crippen molar-refractivity contribution in [2.24, 2.45) is 5.73 Å². The first-order valence-electron chi connectivity index (χ1n) is 10.9. The maximum atomic E-state index is 13.9. The third-order valence-corrected chi connectivity index (χ3v) is 5.77. The van der Waals surface area contributed by atoms with E-state index in [4.69, 9.17) is 20.6 Å². The Morgan fingerprint density at radius 2 is 2.00 bits per heavy atom. The van der Waals surface area contributed by atoms with Crippen LogP contribution in [0.15, 0.2) is 59.7 Å². The topological polar surface area (TPSA) is 145 Å². The molecule has 0 saturated heterocycles. The molecule has 0 bridgehead atoms. The summed E-state index contributed by atoms with van der Waals surface area (Å²) in [5, 5.41) is 12.1. The Balaban J connectivity index is 1.60. The highest BCUT2D eigenvalue weighted by Gasteiger charge is 2.25. The summed E-state index contributed by atoms with van der Waals surface area (Å²) in [6.07, 6.45) is 3.48. The van der Waals surface area contributed by atoms with Crippen molar-refractivity contribution in [3.05, 3.63) is 99.0 Å². The number of nitrogens with zero attached hydrogens (tertiary/aromatic N) is 4.